The number of nitrogens with one attached hydrogen (secondary N) is 1. The first-order valence-corrected chi connectivity index (χ1v) is 8.78. The minimum atomic E-state index is 0.474. The van der Waals surface area contributed by atoms with Crippen LogP contribution in [-0.4, -0.2) is 76.3 Å². The van der Waals surface area contributed by atoms with Gasteiger partial charge in [0.1, 0.15) is 0 Å². The van der Waals surface area contributed by atoms with Crippen LogP contribution < -0.4 is 20.5 Å². The molecule has 1 aliphatic rings. The van der Waals surface area contributed by atoms with E-state index < -0.39 is 0 Å². The molecule has 25 heavy (non-hydrogen) atoms. The summed E-state index contributed by atoms with van der Waals surface area (Å²) in [5.74, 6) is 1.89. The zero-order valence-corrected chi connectivity index (χ0v) is 15.6. The van der Waals surface area contributed by atoms with Crippen molar-refractivity contribution in [2.75, 3.05) is 60.5 Å². The maximum absolute atomic E-state index is 5.97. The maximum Gasteiger partial charge on any atom is 0.188 e. The summed E-state index contributed by atoms with van der Waals surface area (Å²) in [7, 11) is 5.43. The summed E-state index contributed by atoms with van der Waals surface area (Å²) in [6.07, 6.45) is 1.22. The van der Waals surface area contributed by atoms with Gasteiger partial charge in [-0.1, -0.05) is 6.07 Å². The number of guanidine groups is 1. The van der Waals surface area contributed by atoms with E-state index in [0.717, 1.165) is 38.3 Å². The van der Waals surface area contributed by atoms with Crippen molar-refractivity contribution < 1.29 is 9.47 Å². The van der Waals surface area contributed by atoms with E-state index in [2.05, 4.69) is 27.2 Å². The van der Waals surface area contributed by atoms with Crippen molar-refractivity contribution >= 4 is 5.96 Å². The van der Waals surface area contributed by atoms with Crippen LogP contribution >= 0.6 is 0 Å². The lowest BCUT2D eigenvalue weighted by Gasteiger charge is -2.20. The first-order valence-electron chi connectivity index (χ1n) is 8.78. The van der Waals surface area contributed by atoms with Gasteiger partial charge < -0.3 is 30.3 Å². The topological polar surface area (TPSA) is 75.4 Å². The van der Waals surface area contributed by atoms with Gasteiger partial charge in [0.2, 0.25) is 0 Å². The lowest BCUT2D eigenvalue weighted by Crippen LogP contribution is -2.39. The molecule has 1 aromatic rings. The SMILES string of the molecule is COc1ccc(CN=C(N)NCCN2CCCN(C)CC2)cc1OC. The number of aliphatic imine (C=N–C) groups is 1. The number of likely N-dealkylation sites (N-methyl/N-ethyl adjacent to an activating group) is 1. The Balaban J connectivity index is 1.76. The van der Waals surface area contributed by atoms with Crippen molar-refractivity contribution in [2.45, 2.75) is 13.0 Å². The first-order chi connectivity index (χ1) is 12.1. The quantitative estimate of drug-likeness (QED) is 0.559. The molecule has 0 spiro atoms. The van der Waals surface area contributed by atoms with Gasteiger partial charge in [0.25, 0.3) is 0 Å². The van der Waals surface area contributed by atoms with Crippen molar-refractivity contribution in [3.8, 4) is 11.5 Å². The van der Waals surface area contributed by atoms with Crippen LogP contribution in [0.3, 0.4) is 0 Å². The zero-order valence-electron chi connectivity index (χ0n) is 15.6. The van der Waals surface area contributed by atoms with Gasteiger partial charge in [-0.05, 0) is 44.3 Å². The molecule has 7 heteroatoms. The van der Waals surface area contributed by atoms with Gasteiger partial charge in [-0.3, -0.25) is 0 Å². The number of methoxy groups -OCH3 is 2. The van der Waals surface area contributed by atoms with Crippen molar-refractivity contribution in [2.24, 2.45) is 10.7 Å². The molecule has 0 aromatic heterocycles. The highest BCUT2D eigenvalue weighted by Gasteiger charge is 2.11. The molecule has 0 aliphatic carbocycles. The molecule has 0 amide bonds. The molecule has 7 nitrogen and oxygen atoms in total. The fraction of sp³-hybridized carbons (Fsp3) is 0.611. The van der Waals surface area contributed by atoms with Gasteiger partial charge in [0.05, 0.1) is 20.8 Å². The van der Waals surface area contributed by atoms with E-state index in [0.29, 0.717) is 24.0 Å². The molecule has 0 radical (unpaired) electrons. The second kappa shape index (κ2) is 10.1. The molecule has 1 heterocycles. The second-order valence-electron chi connectivity index (χ2n) is 6.32. The van der Waals surface area contributed by atoms with E-state index in [9.17, 15) is 0 Å². The molecule has 140 valence electrons. The van der Waals surface area contributed by atoms with Gasteiger partial charge in [0.15, 0.2) is 17.5 Å². The summed E-state index contributed by atoms with van der Waals surface area (Å²) in [4.78, 5) is 9.25. The van der Waals surface area contributed by atoms with Crippen LogP contribution in [0.1, 0.15) is 12.0 Å². The van der Waals surface area contributed by atoms with Crippen LogP contribution in [0, 0.1) is 0 Å². The van der Waals surface area contributed by atoms with E-state index in [1.807, 2.05) is 18.2 Å². The maximum atomic E-state index is 5.97. The number of benzene rings is 1. The molecule has 1 aliphatic heterocycles. The summed E-state index contributed by atoms with van der Waals surface area (Å²) in [5, 5.41) is 3.20. The van der Waals surface area contributed by atoms with E-state index in [1.165, 1.54) is 13.0 Å². The summed E-state index contributed by atoms with van der Waals surface area (Å²) in [6.45, 7) is 6.87. The Hall–Kier alpha value is -1.99. The lowest BCUT2D eigenvalue weighted by molar-refractivity contribution is 0.280. The van der Waals surface area contributed by atoms with E-state index >= 15 is 0 Å². The number of hydrogen-bond donors (Lipinski definition) is 2. The minimum absolute atomic E-state index is 0.474. The fourth-order valence-electron chi connectivity index (χ4n) is 2.88. The Bertz CT molecular complexity index is 564. The predicted octanol–water partition coefficient (Wildman–Crippen LogP) is 0.746. The van der Waals surface area contributed by atoms with E-state index in [1.54, 1.807) is 14.2 Å². The fourth-order valence-corrected chi connectivity index (χ4v) is 2.88. The Morgan fingerprint density at radius 1 is 1.16 bits per heavy atom. The third kappa shape index (κ3) is 6.43. The number of ether oxygens (including phenoxy) is 2. The molecular formula is C18H31N5O2. The average Bonchev–Trinajstić information content (AvgIpc) is 2.84. The average molecular weight is 349 g/mol. The summed E-state index contributed by atoms with van der Waals surface area (Å²) in [6, 6.07) is 5.76. The van der Waals surface area contributed by atoms with Gasteiger partial charge >= 0.3 is 0 Å². The highest BCUT2D eigenvalue weighted by Crippen LogP contribution is 2.27. The van der Waals surface area contributed by atoms with Crippen LogP contribution in [0.15, 0.2) is 23.2 Å². The van der Waals surface area contributed by atoms with Gasteiger partial charge in [0, 0.05) is 26.2 Å². The highest BCUT2D eigenvalue weighted by molar-refractivity contribution is 5.77. The van der Waals surface area contributed by atoms with Crippen molar-refractivity contribution in [1.29, 1.82) is 0 Å². The molecule has 1 aromatic carbocycles. The van der Waals surface area contributed by atoms with Crippen molar-refractivity contribution in [3.63, 3.8) is 0 Å². The first kappa shape index (κ1) is 19.3. The summed E-state index contributed by atoms with van der Waals surface area (Å²) < 4.78 is 10.5. The van der Waals surface area contributed by atoms with Gasteiger partial charge in [-0.2, -0.15) is 0 Å². The van der Waals surface area contributed by atoms with Gasteiger partial charge in [-0.15, -0.1) is 0 Å². The molecule has 3 N–H and O–H groups in total. The largest absolute Gasteiger partial charge is 0.493 e. The molecule has 0 unspecified atom stereocenters. The van der Waals surface area contributed by atoms with Gasteiger partial charge in [-0.25, -0.2) is 4.99 Å². The summed E-state index contributed by atoms with van der Waals surface area (Å²) >= 11 is 0. The molecule has 1 fully saturated rings. The number of nitrogens with zero attached hydrogens (tertiary/aromatic N) is 3. The number of nitrogens with two attached hydrogens (primary N) is 1. The third-order valence-electron chi connectivity index (χ3n) is 4.43. The smallest absolute Gasteiger partial charge is 0.188 e. The normalized spacial score (nSPS) is 17.2. The molecule has 0 atom stereocenters. The molecular weight excluding hydrogens is 318 g/mol. The van der Waals surface area contributed by atoms with Crippen molar-refractivity contribution in [1.82, 2.24) is 15.1 Å². The second-order valence-corrected chi connectivity index (χ2v) is 6.32. The van der Waals surface area contributed by atoms with Crippen LogP contribution in [0.25, 0.3) is 0 Å². The van der Waals surface area contributed by atoms with Crippen LogP contribution in [0.5, 0.6) is 11.5 Å². The minimum Gasteiger partial charge on any atom is -0.493 e. The Kier molecular flexibility index (Phi) is 7.81. The highest BCUT2D eigenvalue weighted by atomic mass is 16.5. The van der Waals surface area contributed by atoms with Crippen LogP contribution in [0.4, 0.5) is 0 Å². The summed E-state index contributed by atoms with van der Waals surface area (Å²) in [5.41, 5.74) is 7.00. The molecule has 2 rings (SSSR count). The number of hydrogen-bond acceptors (Lipinski definition) is 5. The van der Waals surface area contributed by atoms with E-state index in [4.69, 9.17) is 15.2 Å². The Morgan fingerprint density at radius 2 is 1.96 bits per heavy atom. The van der Waals surface area contributed by atoms with Crippen molar-refractivity contribution in [3.05, 3.63) is 23.8 Å². The monoisotopic (exact) mass is 349 g/mol. The third-order valence-corrected chi connectivity index (χ3v) is 4.43. The lowest BCUT2D eigenvalue weighted by atomic mass is 10.2. The molecule has 0 saturated carbocycles. The number of rotatable bonds is 7. The van der Waals surface area contributed by atoms with Crippen LogP contribution in [0.2, 0.25) is 0 Å². The Morgan fingerprint density at radius 3 is 2.72 bits per heavy atom. The van der Waals surface area contributed by atoms with Crippen LogP contribution in [-0.2, 0) is 6.54 Å². The standard InChI is InChI=1S/C18H31N5O2/c1-22-8-4-9-23(12-11-22)10-7-20-18(19)21-14-15-5-6-16(24-2)17(13-15)25-3/h5-6,13H,4,7-12,14H2,1-3H3,(H3,19,20,21). The molecule has 0 bridgehead atoms. The molecule has 1 saturated heterocycles. The van der Waals surface area contributed by atoms with E-state index in [-0.39, 0.29) is 0 Å². The zero-order chi connectivity index (χ0) is 18.1. The Labute approximate surface area is 150 Å². The predicted molar refractivity (Wildman–Crippen MR) is 101 cm³/mol.